The number of likely N-dealkylation sites (tertiary alicyclic amines) is 1. The van der Waals surface area contributed by atoms with Gasteiger partial charge in [-0.25, -0.2) is 0 Å². The standard InChI is InChI=1S/C17H20F3NO3/c1-11-8-14(16(23)24)10-21(9-11)15(22)13-4-2-12(3-5-13)6-7-17(18,19)20/h2-5,11,14H,6-10H2,1H3,(H,23,24). The molecule has 0 aliphatic carbocycles. The summed E-state index contributed by atoms with van der Waals surface area (Å²) >= 11 is 0. The highest BCUT2D eigenvalue weighted by Gasteiger charge is 2.32. The van der Waals surface area contributed by atoms with Crippen molar-refractivity contribution in [3.63, 3.8) is 0 Å². The molecule has 4 nitrogen and oxygen atoms in total. The highest BCUT2D eigenvalue weighted by molar-refractivity contribution is 5.94. The van der Waals surface area contributed by atoms with E-state index in [0.29, 0.717) is 24.1 Å². The van der Waals surface area contributed by atoms with Crippen molar-refractivity contribution in [2.24, 2.45) is 11.8 Å². The average Bonchev–Trinajstić information content (AvgIpc) is 2.51. The van der Waals surface area contributed by atoms with Crippen LogP contribution in [0.15, 0.2) is 24.3 Å². The Hall–Kier alpha value is -2.05. The van der Waals surface area contributed by atoms with Crippen molar-refractivity contribution in [1.82, 2.24) is 4.90 Å². The molecule has 0 radical (unpaired) electrons. The van der Waals surface area contributed by atoms with Crippen LogP contribution in [-0.4, -0.2) is 41.1 Å². The lowest BCUT2D eigenvalue weighted by Crippen LogP contribution is -2.45. The van der Waals surface area contributed by atoms with E-state index in [2.05, 4.69) is 0 Å². The zero-order valence-corrected chi connectivity index (χ0v) is 13.3. The van der Waals surface area contributed by atoms with E-state index in [9.17, 15) is 22.8 Å². The molecule has 0 aromatic heterocycles. The molecule has 2 rings (SSSR count). The lowest BCUT2D eigenvalue weighted by atomic mass is 9.90. The topological polar surface area (TPSA) is 57.6 Å². The average molecular weight is 343 g/mol. The van der Waals surface area contributed by atoms with Crippen molar-refractivity contribution >= 4 is 11.9 Å². The minimum atomic E-state index is -4.20. The predicted octanol–water partition coefficient (Wildman–Crippen LogP) is 3.36. The van der Waals surface area contributed by atoms with Crippen LogP contribution in [0, 0.1) is 11.8 Å². The molecule has 0 bridgehead atoms. The van der Waals surface area contributed by atoms with Gasteiger partial charge in [-0.2, -0.15) is 13.2 Å². The fourth-order valence-corrected chi connectivity index (χ4v) is 2.98. The number of aryl methyl sites for hydroxylation is 1. The number of alkyl halides is 3. The predicted molar refractivity (Wildman–Crippen MR) is 81.6 cm³/mol. The number of piperidine rings is 1. The number of nitrogens with zero attached hydrogens (tertiary/aromatic N) is 1. The van der Waals surface area contributed by atoms with Crippen LogP contribution in [0.2, 0.25) is 0 Å². The highest BCUT2D eigenvalue weighted by atomic mass is 19.4. The van der Waals surface area contributed by atoms with Crippen LogP contribution in [0.4, 0.5) is 13.2 Å². The summed E-state index contributed by atoms with van der Waals surface area (Å²) in [4.78, 5) is 25.2. The van der Waals surface area contributed by atoms with Gasteiger partial charge in [-0.1, -0.05) is 19.1 Å². The third-order valence-corrected chi connectivity index (χ3v) is 4.19. The van der Waals surface area contributed by atoms with Gasteiger partial charge in [0.05, 0.1) is 5.92 Å². The van der Waals surface area contributed by atoms with E-state index in [0.717, 1.165) is 0 Å². The number of carbonyl (C=O) groups is 2. The maximum Gasteiger partial charge on any atom is 0.389 e. The van der Waals surface area contributed by atoms with Crippen LogP contribution in [0.3, 0.4) is 0 Å². The first-order valence-electron chi connectivity index (χ1n) is 7.83. The minimum absolute atomic E-state index is 0.0925. The zero-order valence-electron chi connectivity index (χ0n) is 13.3. The quantitative estimate of drug-likeness (QED) is 0.912. The number of carboxylic acids is 1. The molecular formula is C17H20F3NO3. The van der Waals surface area contributed by atoms with Crippen LogP contribution in [0.5, 0.6) is 0 Å². The molecule has 1 aliphatic heterocycles. The fourth-order valence-electron chi connectivity index (χ4n) is 2.98. The van der Waals surface area contributed by atoms with E-state index in [1.165, 1.54) is 29.2 Å². The van der Waals surface area contributed by atoms with Gasteiger partial charge < -0.3 is 10.0 Å². The second kappa shape index (κ2) is 7.23. The van der Waals surface area contributed by atoms with Crippen molar-refractivity contribution in [2.75, 3.05) is 13.1 Å². The van der Waals surface area contributed by atoms with E-state index >= 15 is 0 Å². The largest absolute Gasteiger partial charge is 0.481 e. The van der Waals surface area contributed by atoms with Crippen molar-refractivity contribution in [2.45, 2.75) is 32.4 Å². The Morgan fingerprint density at radius 1 is 1.21 bits per heavy atom. The Morgan fingerprint density at radius 2 is 1.83 bits per heavy atom. The maximum absolute atomic E-state index is 12.5. The molecule has 7 heteroatoms. The third-order valence-electron chi connectivity index (χ3n) is 4.19. The lowest BCUT2D eigenvalue weighted by molar-refractivity contribution is -0.143. The summed E-state index contributed by atoms with van der Waals surface area (Å²) in [5.74, 6) is -1.68. The molecular weight excluding hydrogens is 323 g/mol. The van der Waals surface area contributed by atoms with Gasteiger partial charge in [0.1, 0.15) is 0 Å². The number of aliphatic carboxylic acids is 1. The minimum Gasteiger partial charge on any atom is -0.481 e. The Balaban J connectivity index is 2.02. The number of hydrogen-bond acceptors (Lipinski definition) is 2. The summed E-state index contributed by atoms with van der Waals surface area (Å²) in [5, 5.41) is 9.16. The molecule has 1 aliphatic rings. The first-order chi connectivity index (χ1) is 11.2. The summed E-state index contributed by atoms with van der Waals surface area (Å²) in [5.41, 5.74) is 0.878. The van der Waals surface area contributed by atoms with Gasteiger partial charge in [-0.3, -0.25) is 9.59 Å². The molecule has 132 valence electrons. The van der Waals surface area contributed by atoms with Gasteiger partial charge in [0.2, 0.25) is 0 Å². The van der Waals surface area contributed by atoms with Crippen LogP contribution in [-0.2, 0) is 11.2 Å². The zero-order chi connectivity index (χ0) is 17.9. The van der Waals surface area contributed by atoms with Crippen LogP contribution in [0.25, 0.3) is 0 Å². The van der Waals surface area contributed by atoms with Gasteiger partial charge >= 0.3 is 12.1 Å². The molecule has 1 N–H and O–H groups in total. The third kappa shape index (κ3) is 4.97. The number of rotatable bonds is 4. The van der Waals surface area contributed by atoms with Crippen LogP contribution < -0.4 is 0 Å². The molecule has 2 atom stereocenters. The Labute approximate surface area is 138 Å². The van der Waals surface area contributed by atoms with Crippen LogP contribution in [0.1, 0.15) is 35.7 Å². The molecule has 2 unspecified atom stereocenters. The number of hydrogen-bond donors (Lipinski definition) is 1. The van der Waals surface area contributed by atoms with Crippen LogP contribution >= 0.6 is 0 Å². The lowest BCUT2D eigenvalue weighted by Gasteiger charge is -2.34. The number of benzene rings is 1. The molecule has 24 heavy (non-hydrogen) atoms. The monoisotopic (exact) mass is 343 g/mol. The van der Waals surface area contributed by atoms with Gasteiger partial charge in [-0.05, 0) is 36.5 Å². The summed E-state index contributed by atoms with van der Waals surface area (Å²) in [6, 6.07) is 6.04. The summed E-state index contributed by atoms with van der Waals surface area (Å²) < 4.78 is 36.7. The number of amides is 1. The second-order valence-electron chi connectivity index (χ2n) is 6.40. The summed E-state index contributed by atoms with van der Waals surface area (Å²) in [6.45, 7) is 2.54. The first-order valence-corrected chi connectivity index (χ1v) is 7.83. The normalized spacial score (nSPS) is 21.6. The Bertz CT molecular complexity index is 598. The Kier molecular flexibility index (Phi) is 5.51. The highest BCUT2D eigenvalue weighted by Crippen LogP contribution is 2.24. The number of halogens is 3. The molecule has 1 aromatic rings. The number of carbonyl (C=O) groups excluding carboxylic acids is 1. The molecule has 1 amide bonds. The first kappa shape index (κ1) is 18.3. The molecule has 0 saturated carbocycles. The SMILES string of the molecule is CC1CC(C(=O)O)CN(C(=O)c2ccc(CCC(F)(F)F)cc2)C1. The van der Waals surface area contributed by atoms with E-state index in [1.807, 2.05) is 6.92 Å². The molecule has 0 spiro atoms. The van der Waals surface area contributed by atoms with Crippen molar-refractivity contribution in [1.29, 1.82) is 0 Å². The van der Waals surface area contributed by atoms with E-state index in [-0.39, 0.29) is 24.8 Å². The van der Waals surface area contributed by atoms with Gasteiger partial charge in [0.15, 0.2) is 0 Å². The Morgan fingerprint density at radius 3 is 2.38 bits per heavy atom. The van der Waals surface area contributed by atoms with Crippen molar-refractivity contribution in [3.8, 4) is 0 Å². The van der Waals surface area contributed by atoms with E-state index < -0.39 is 24.5 Å². The van der Waals surface area contributed by atoms with Crippen molar-refractivity contribution < 1.29 is 27.9 Å². The summed E-state index contributed by atoms with van der Waals surface area (Å²) in [7, 11) is 0. The molecule has 1 saturated heterocycles. The van der Waals surface area contributed by atoms with Crippen molar-refractivity contribution in [3.05, 3.63) is 35.4 Å². The van der Waals surface area contributed by atoms with E-state index in [4.69, 9.17) is 5.11 Å². The summed E-state index contributed by atoms with van der Waals surface area (Å²) in [6.07, 6.45) is -4.69. The molecule has 1 aromatic carbocycles. The molecule has 1 heterocycles. The van der Waals surface area contributed by atoms with Gasteiger partial charge in [-0.15, -0.1) is 0 Å². The smallest absolute Gasteiger partial charge is 0.389 e. The molecule has 1 fully saturated rings. The maximum atomic E-state index is 12.5. The van der Waals surface area contributed by atoms with Gasteiger partial charge in [0, 0.05) is 25.1 Å². The fraction of sp³-hybridized carbons (Fsp3) is 0.529. The number of carboxylic acid groups (broad SMARTS) is 1. The second-order valence-corrected chi connectivity index (χ2v) is 6.40. The van der Waals surface area contributed by atoms with E-state index in [1.54, 1.807) is 0 Å². The van der Waals surface area contributed by atoms with Gasteiger partial charge in [0.25, 0.3) is 5.91 Å².